The predicted molar refractivity (Wildman–Crippen MR) is 535 cm³/mol. The summed E-state index contributed by atoms with van der Waals surface area (Å²) in [7, 11) is 0. The number of Topliss-reactive ketones (excluding diaryl/α,β-unsaturated/α-hetero) is 2. The van der Waals surface area contributed by atoms with Crippen LogP contribution in [0.3, 0.4) is 0 Å². The lowest BCUT2D eigenvalue weighted by Gasteiger charge is -2.38. The van der Waals surface area contributed by atoms with E-state index >= 15 is 0 Å². The summed E-state index contributed by atoms with van der Waals surface area (Å²) in [5.74, 6) is 11.8. The number of aryl methyl sites for hydroxylation is 1. The number of unbranched alkanes of at least 4 members (excludes halogenated alkanes) is 12. The van der Waals surface area contributed by atoms with Crippen molar-refractivity contribution >= 4 is 29.5 Å². The van der Waals surface area contributed by atoms with Gasteiger partial charge < -0.3 is 34.0 Å². The number of hydrogen-bond donors (Lipinski definition) is 2. The summed E-state index contributed by atoms with van der Waals surface area (Å²) >= 11 is 4.64. The molecule has 12 rings (SSSR count). The van der Waals surface area contributed by atoms with Crippen molar-refractivity contribution in [2.24, 2.45) is 94.7 Å². The zero-order valence-electron chi connectivity index (χ0n) is 84.2. The Kier molecular flexibility index (Phi) is 55.1. The first kappa shape index (κ1) is 112. The molecular weight excluding hydrogens is 1650 g/mol. The minimum absolute atomic E-state index is 0.00160. The molecule has 0 spiro atoms. The van der Waals surface area contributed by atoms with Gasteiger partial charge in [0.05, 0.1) is 38.1 Å². The summed E-state index contributed by atoms with van der Waals surface area (Å²) in [6.07, 6.45) is 75.9. The monoisotopic (exact) mass is 1830 g/mol. The van der Waals surface area contributed by atoms with Crippen molar-refractivity contribution in [2.75, 3.05) is 32.8 Å². The molecular formula is C116H185ClF4O9. The summed E-state index contributed by atoms with van der Waals surface area (Å²) in [5.41, 5.74) is 2.94. The number of aliphatic hydroxyl groups is 1. The fraction of sp³-hybridized carbons (Fsp3) is 0.767. The molecule has 1 atom stereocenters. The molecule has 2 N–H and O–H groups in total. The second-order valence-corrected chi connectivity index (χ2v) is 41.6. The largest absolute Gasteiger partial charge is 0.504 e. The van der Waals surface area contributed by atoms with Gasteiger partial charge in [-0.3, -0.25) is 9.59 Å². The molecule has 8 aliphatic rings. The highest BCUT2D eigenvalue weighted by Gasteiger charge is 2.37. The van der Waals surface area contributed by atoms with Crippen molar-refractivity contribution in [3.05, 3.63) is 111 Å². The highest BCUT2D eigenvalue weighted by atomic mass is 35.5. The lowest BCUT2D eigenvalue weighted by Crippen LogP contribution is -2.26. The molecule has 8 aliphatic carbocycles. The van der Waals surface area contributed by atoms with Crippen LogP contribution in [0, 0.1) is 139 Å². The number of hydrogen-bond acceptors (Lipinski definition) is 9. The van der Waals surface area contributed by atoms with Gasteiger partial charge in [0, 0.05) is 31.2 Å². The number of alkyl halides is 1. The van der Waals surface area contributed by atoms with E-state index in [4.69, 9.17) is 18.9 Å². The Bertz CT molecular complexity index is 3560. The van der Waals surface area contributed by atoms with Gasteiger partial charge in [-0.2, -0.15) is 4.39 Å². The molecule has 130 heavy (non-hydrogen) atoms. The van der Waals surface area contributed by atoms with Gasteiger partial charge in [0.1, 0.15) is 6.29 Å². The van der Waals surface area contributed by atoms with E-state index in [0.717, 1.165) is 127 Å². The van der Waals surface area contributed by atoms with Crippen LogP contribution in [0.5, 0.6) is 28.7 Å². The van der Waals surface area contributed by atoms with E-state index < -0.39 is 17.7 Å². The van der Waals surface area contributed by atoms with Crippen LogP contribution in [0.4, 0.5) is 17.6 Å². The number of ketones is 2. The van der Waals surface area contributed by atoms with E-state index in [1.165, 1.54) is 327 Å². The number of phenolic OH excluding ortho intramolecular Hbond substituents is 1. The Morgan fingerprint density at radius 1 is 0.346 bits per heavy atom. The topological polar surface area (TPSA) is 129 Å². The van der Waals surface area contributed by atoms with Crippen molar-refractivity contribution in [2.45, 2.75) is 442 Å². The standard InChI is InChI=1S/C30H49FO2.C30H47FO2.C29H45FO3.C17H30O.C9H11FO.CH3Cl/c2*1-4-6-7-8-9-10-23-11-15-25(16-12-23)26-17-13-24(14-18-26)21-28(32)27-19-20-29(33-5-2)30(31)22(27)3;1-3-5-6-7-8-9-21-10-14-23(15-11-21)24-16-12-22(13-17-24)20-26(31)25-18-19-27(33-4-2)28(30)29(25)32;1-2-3-14-4-8-16(9-5-14)17-10-6-15(7-11-17)12-13-18;1-3-11-8-6-4-5-7(2)9(8)10;1-2/h19-20,23-26,28,32H,4-18,21H2,1-3H3;19-20,23-26H,4-18,21H2,1-3H3;18-19,21-24,32H,3-17,20H2,1-2H3;13-17H,2-12H2,1H3;4-6H,3H2,1-2H3;1H3. The molecule has 1 unspecified atom stereocenters. The number of rotatable bonds is 43. The lowest BCUT2D eigenvalue weighted by atomic mass is 9.68. The third-order valence-corrected chi connectivity index (χ3v) is 32.7. The number of carbonyl (C=O) groups excluding carboxylic acids is 3. The molecule has 8 saturated carbocycles. The van der Waals surface area contributed by atoms with Crippen molar-refractivity contribution in [3.63, 3.8) is 0 Å². The fourth-order valence-electron chi connectivity index (χ4n) is 24.6. The van der Waals surface area contributed by atoms with Crippen LogP contribution < -0.4 is 18.9 Å². The smallest absolute Gasteiger partial charge is 0.207 e. The van der Waals surface area contributed by atoms with Gasteiger partial charge in [0.2, 0.25) is 5.82 Å². The highest BCUT2D eigenvalue weighted by molar-refractivity contribution is 6.15. The number of phenols is 1. The molecule has 0 saturated heterocycles. The zero-order valence-corrected chi connectivity index (χ0v) is 84.9. The van der Waals surface area contributed by atoms with Crippen LogP contribution in [0.25, 0.3) is 0 Å². The van der Waals surface area contributed by atoms with Crippen molar-refractivity contribution in [1.29, 1.82) is 0 Å². The highest BCUT2D eigenvalue weighted by Crippen LogP contribution is 2.49. The van der Waals surface area contributed by atoms with Gasteiger partial charge in [0.25, 0.3) is 0 Å². The number of halogens is 5. The number of benzene rings is 4. The van der Waals surface area contributed by atoms with Gasteiger partial charge in [-0.25, -0.2) is 13.2 Å². The summed E-state index contributed by atoms with van der Waals surface area (Å²) < 4.78 is 77.3. The van der Waals surface area contributed by atoms with Crippen molar-refractivity contribution < 1.29 is 61.1 Å². The molecule has 8 fully saturated rings. The molecule has 4 aromatic carbocycles. The van der Waals surface area contributed by atoms with Gasteiger partial charge >= 0.3 is 0 Å². The van der Waals surface area contributed by atoms with Crippen LogP contribution in [0.2, 0.25) is 0 Å². The molecule has 9 nitrogen and oxygen atoms in total. The molecule has 0 aliphatic heterocycles. The second kappa shape index (κ2) is 64.0. The van der Waals surface area contributed by atoms with Crippen molar-refractivity contribution in [3.8, 4) is 28.7 Å². The van der Waals surface area contributed by atoms with Gasteiger partial charge in [-0.1, -0.05) is 239 Å². The summed E-state index contributed by atoms with van der Waals surface area (Å²) in [5, 5.41) is 21.0. The Labute approximate surface area is 795 Å². The normalized spacial score (nSPS) is 25.9. The fourth-order valence-corrected chi connectivity index (χ4v) is 24.6. The predicted octanol–water partition coefficient (Wildman–Crippen LogP) is 34.9. The van der Waals surface area contributed by atoms with Crippen LogP contribution in [-0.4, -0.2) is 60.9 Å². The van der Waals surface area contributed by atoms with E-state index in [1.54, 1.807) is 64.1 Å². The van der Waals surface area contributed by atoms with Crippen LogP contribution in [-0.2, 0) is 4.79 Å². The Morgan fingerprint density at radius 3 is 1.00 bits per heavy atom. The molecule has 0 amide bonds. The lowest BCUT2D eigenvalue weighted by molar-refractivity contribution is -0.108. The molecule has 0 radical (unpaired) electrons. The molecule has 0 aromatic heterocycles. The summed E-state index contributed by atoms with van der Waals surface area (Å²) in [4.78, 5) is 36.2. The van der Waals surface area contributed by atoms with Gasteiger partial charge in [0.15, 0.2) is 57.8 Å². The van der Waals surface area contributed by atoms with Gasteiger partial charge in [-0.05, 0) is 349 Å². The molecule has 4 aromatic rings. The van der Waals surface area contributed by atoms with Crippen molar-refractivity contribution in [1.82, 2.24) is 0 Å². The summed E-state index contributed by atoms with van der Waals surface area (Å²) in [6, 6.07) is 15.0. The Hall–Kier alpha value is -5.14. The van der Waals surface area contributed by atoms with E-state index in [0.29, 0.717) is 85.0 Å². The number of aromatic hydroxyl groups is 1. The Morgan fingerprint density at radius 2 is 0.646 bits per heavy atom. The van der Waals surface area contributed by atoms with Crippen LogP contribution >= 0.6 is 11.6 Å². The maximum atomic E-state index is 14.6. The average molecular weight is 1840 g/mol. The molecule has 738 valence electrons. The van der Waals surface area contributed by atoms with E-state index in [-0.39, 0.29) is 51.8 Å². The summed E-state index contributed by atoms with van der Waals surface area (Å²) in [6.45, 7) is 23.3. The zero-order chi connectivity index (χ0) is 94.0. The quantitative estimate of drug-likeness (QED) is 0.0146. The minimum atomic E-state index is -0.831. The van der Waals surface area contributed by atoms with E-state index in [1.807, 2.05) is 26.8 Å². The third kappa shape index (κ3) is 38.1. The molecule has 0 bridgehead atoms. The molecule has 14 heteroatoms. The van der Waals surface area contributed by atoms with Crippen LogP contribution in [0.15, 0.2) is 54.6 Å². The van der Waals surface area contributed by atoms with E-state index in [9.17, 15) is 42.2 Å². The first-order valence-corrected chi connectivity index (χ1v) is 54.8. The second-order valence-electron chi connectivity index (χ2n) is 41.6. The number of ether oxygens (including phenoxy) is 4. The molecule has 0 heterocycles. The first-order valence-electron chi connectivity index (χ1n) is 54.1. The van der Waals surface area contributed by atoms with Crippen LogP contribution in [0.1, 0.15) is 464 Å². The maximum absolute atomic E-state index is 14.6. The third-order valence-electron chi connectivity index (χ3n) is 32.7. The maximum Gasteiger partial charge on any atom is 0.207 e. The van der Waals surface area contributed by atoms with E-state index in [2.05, 4.69) is 39.3 Å². The first-order chi connectivity index (χ1) is 63.2. The van der Waals surface area contributed by atoms with Gasteiger partial charge in [-0.15, -0.1) is 11.6 Å². The average Bonchev–Trinajstić information content (AvgIpc) is 0.802. The number of aldehydes is 1. The minimum Gasteiger partial charge on any atom is -0.504 e. The number of carbonyl (C=O) groups is 3. The SMILES string of the molecule is CCCC1CCC(C2CCC(CC=O)CC2)CC1.CCCCCCCC1CCC(C2CCC(CC(=O)c3ccc(OCC)c(F)c3C)CC2)CC1.CCCCCCCC1CCC(C2CCC(CC(=O)c3ccc(OCC)c(F)c3O)CC2)CC1.CCCCCCCC1CCC(C2CCC(CC(O)c3ccc(OCC)c(F)c3C)CC2)CC1.CCOc1cccc(C)c1F.CCl. The Balaban J connectivity index is 0.000000230. The number of aliphatic hydroxyl groups excluding tert-OH is 1.